The molecule has 0 saturated carbocycles. The van der Waals surface area contributed by atoms with Gasteiger partial charge in [-0.2, -0.15) is 0 Å². The number of fused-ring (bicyclic) bond motifs is 1. The standard InChI is InChI=1S/C23H24N4O3/c1-15-5-4-6-21(25-15)26-23(28)17-7-8-22(24-13-17)27-10-9-16-11-19(29-2)20(30-3)12-18(16)14-27/h4-8,11-13H,9-10,14H2,1-3H3,(H,25,26,28). The summed E-state index contributed by atoms with van der Waals surface area (Å²) < 4.78 is 10.8. The van der Waals surface area contributed by atoms with Crippen LogP contribution in [0.3, 0.4) is 0 Å². The number of anilines is 2. The Morgan fingerprint density at radius 3 is 2.50 bits per heavy atom. The van der Waals surface area contributed by atoms with E-state index in [1.54, 1.807) is 32.5 Å². The van der Waals surface area contributed by atoms with E-state index < -0.39 is 0 Å². The van der Waals surface area contributed by atoms with E-state index in [1.165, 1.54) is 11.1 Å². The maximum atomic E-state index is 12.5. The van der Waals surface area contributed by atoms with Crippen LogP contribution >= 0.6 is 0 Å². The molecule has 30 heavy (non-hydrogen) atoms. The smallest absolute Gasteiger partial charge is 0.258 e. The van der Waals surface area contributed by atoms with Gasteiger partial charge in [0, 0.05) is 25.0 Å². The van der Waals surface area contributed by atoms with Gasteiger partial charge in [-0.05, 0) is 60.9 Å². The van der Waals surface area contributed by atoms with Gasteiger partial charge in [-0.3, -0.25) is 4.79 Å². The molecule has 3 aromatic rings. The highest BCUT2D eigenvalue weighted by molar-refractivity contribution is 6.03. The molecule has 0 fully saturated rings. The number of ether oxygens (including phenoxy) is 2. The van der Waals surface area contributed by atoms with E-state index in [9.17, 15) is 4.79 Å². The van der Waals surface area contributed by atoms with E-state index in [4.69, 9.17) is 9.47 Å². The first kappa shape index (κ1) is 19.7. The third-order valence-corrected chi connectivity index (χ3v) is 5.18. The quantitative estimate of drug-likeness (QED) is 0.700. The van der Waals surface area contributed by atoms with Crippen LogP contribution in [0.25, 0.3) is 0 Å². The van der Waals surface area contributed by atoms with Crippen molar-refractivity contribution in [2.75, 3.05) is 31.0 Å². The van der Waals surface area contributed by atoms with Gasteiger partial charge < -0.3 is 19.7 Å². The number of hydrogen-bond acceptors (Lipinski definition) is 6. The first-order chi connectivity index (χ1) is 14.6. The third-order valence-electron chi connectivity index (χ3n) is 5.18. The molecule has 0 aliphatic carbocycles. The number of nitrogens with zero attached hydrogens (tertiary/aromatic N) is 3. The van der Waals surface area contributed by atoms with Crippen LogP contribution < -0.4 is 19.7 Å². The number of amides is 1. The van der Waals surface area contributed by atoms with Crippen molar-refractivity contribution >= 4 is 17.5 Å². The number of nitrogens with one attached hydrogen (secondary N) is 1. The molecule has 154 valence electrons. The molecule has 0 saturated heterocycles. The highest BCUT2D eigenvalue weighted by Gasteiger charge is 2.20. The minimum atomic E-state index is -0.229. The topological polar surface area (TPSA) is 76.6 Å². The Bertz CT molecular complexity index is 1070. The van der Waals surface area contributed by atoms with Crippen molar-refractivity contribution in [3.8, 4) is 11.5 Å². The summed E-state index contributed by atoms with van der Waals surface area (Å²) in [6, 6.07) is 13.2. The van der Waals surface area contributed by atoms with Crippen molar-refractivity contribution in [2.24, 2.45) is 0 Å². The Morgan fingerprint density at radius 1 is 1.07 bits per heavy atom. The zero-order valence-corrected chi connectivity index (χ0v) is 17.3. The lowest BCUT2D eigenvalue weighted by Gasteiger charge is -2.30. The highest BCUT2D eigenvalue weighted by atomic mass is 16.5. The van der Waals surface area contributed by atoms with Crippen LogP contribution in [0.2, 0.25) is 0 Å². The van der Waals surface area contributed by atoms with Crippen molar-refractivity contribution in [3.05, 3.63) is 71.0 Å². The second kappa shape index (κ2) is 8.41. The fourth-order valence-corrected chi connectivity index (χ4v) is 3.59. The van der Waals surface area contributed by atoms with Gasteiger partial charge >= 0.3 is 0 Å². The first-order valence-corrected chi connectivity index (χ1v) is 9.77. The van der Waals surface area contributed by atoms with Crippen molar-refractivity contribution in [1.82, 2.24) is 9.97 Å². The number of pyridine rings is 2. The minimum absolute atomic E-state index is 0.229. The summed E-state index contributed by atoms with van der Waals surface area (Å²) in [5.74, 6) is 2.61. The van der Waals surface area contributed by atoms with Crippen LogP contribution in [0.15, 0.2) is 48.7 Å². The van der Waals surface area contributed by atoms with Crippen LogP contribution in [0.1, 0.15) is 27.2 Å². The second-order valence-corrected chi connectivity index (χ2v) is 7.17. The van der Waals surface area contributed by atoms with Gasteiger partial charge in [0.2, 0.25) is 0 Å². The Labute approximate surface area is 175 Å². The largest absolute Gasteiger partial charge is 0.493 e. The molecule has 1 amide bonds. The van der Waals surface area contributed by atoms with E-state index in [0.29, 0.717) is 11.4 Å². The van der Waals surface area contributed by atoms with Crippen molar-refractivity contribution in [1.29, 1.82) is 0 Å². The molecule has 0 atom stereocenters. The number of hydrogen-bond donors (Lipinski definition) is 1. The van der Waals surface area contributed by atoms with Crippen LogP contribution in [-0.4, -0.2) is 36.6 Å². The molecule has 0 radical (unpaired) electrons. The van der Waals surface area contributed by atoms with Gasteiger partial charge in [0.25, 0.3) is 5.91 Å². The van der Waals surface area contributed by atoms with E-state index in [1.807, 2.05) is 37.3 Å². The average molecular weight is 404 g/mol. The lowest BCUT2D eigenvalue weighted by atomic mass is 9.98. The summed E-state index contributed by atoms with van der Waals surface area (Å²) in [7, 11) is 3.29. The fraction of sp³-hybridized carbons (Fsp3) is 0.261. The van der Waals surface area contributed by atoms with Gasteiger partial charge in [-0.15, -0.1) is 0 Å². The molecule has 1 aromatic carbocycles. The molecule has 7 heteroatoms. The number of carbonyl (C=O) groups is 1. The molecule has 7 nitrogen and oxygen atoms in total. The summed E-state index contributed by atoms with van der Waals surface area (Å²) in [5, 5.41) is 2.81. The molecule has 1 aliphatic rings. The number of methoxy groups -OCH3 is 2. The Kier molecular flexibility index (Phi) is 5.52. The zero-order valence-electron chi connectivity index (χ0n) is 17.3. The van der Waals surface area contributed by atoms with E-state index in [0.717, 1.165) is 42.5 Å². The van der Waals surface area contributed by atoms with E-state index >= 15 is 0 Å². The molecule has 1 N–H and O–H groups in total. The molecule has 3 heterocycles. The van der Waals surface area contributed by atoms with Gasteiger partial charge in [-0.25, -0.2) is 9.97 Å². The maximum Gasteiger partial charge on any atom is 0.258 e. The lowest BCUT2D eigenvalue weighted by molar-refractivity contribution is 0.102. The average Bonchev–Trinajstić information content (AvgIpc) is 2.77. The SMILES string of the molecule is COc1cc2c(cc1OC)CN(c1ccc(C(=O)Nc3cccc(C)n3)cn1)CC2. The molecular formula is C23H24N4O3. The van der Waals surface area contributed by atoms with Crippen molar-refractivity contribution in [3.63, 3.8) is 0 Å². The number of aromatic nitrogens is 2. The van der Waals surface area contributed by atoms with Crippen molar-refractivity contribution in [2.45, 2.75) is 19.9 Å². The monoisotopic (exact) mass is 404 g/mol. The lowest BCUT2D eigenvalue weighted by Crippen LogP contribution is -2.31. The maximum absolute atomic E-state index is 12.5. The molecule has 0 unspecified atom stereocenters. The normalized spacial score (nSPS) is 12.8. The van der Waals surface area contributed by atoms with Crippen molar-refractivity contribution < 1.29 is 14.3 Å². The molecular weight excluding hydrogens is 380 g/mol. The number of rotatable bonds is 5. The van der Waals surface area contributed by atoms with Gasteiger partial charge in [0.05, 0.1) is 19.8 Å². The minimum Gasteiger partial charge on any atom is -0.493 e. The van der Waals surface area contributed by atoms with Crippen LogP contribution in [0, 0.1) is 6.92 Å². The molecule has 0 spiro atoms. The van der Waals surface area contributed by atoms with Gasteiger partial charge in [-0.1, -0.05) is 6.07 Å². The Morgan fingerprint density at radius 2 is 1.83 bits per heavy atom. The van der Waals surface area contributed by atoms with Gasteiger partial charge in [0.1, 0.15) is 11.6 Å². The molecule has 2 aromatic heterocycles. The zero-order chi connectivity index (χ0) is 21.1. The highest BCUT2D eigenvalue weighted by Crippen LogP contribution is 2.34. The number of benzene rings is 1. The predicted octanol–water partition coefficient (Wildman–Crippen LogP) is 3.62. The van der Waals surface area contributed by atoms with Crippen LogP contribution in [0.4, 0.5) is 11.6 Å². The summed E-state index contributed by atoms with van der Waals surface area (Å²) in [6.07, 6.45) is 2.49. The van der Waals surface area contributed by atoms with Crippen LogP contribution in [0.5, 0.6) is 11.5 Å². The third kappa shape index (κ3) is 4.05. The predicted molar refractivity (Wildman–Crippen MR) is 115 cm³/mol. The van der Waals surface area contributed by atoms with E-state index in [-0.39, 0.29) is 5.91 Å². The Hall–Kier alpha value is -3.61. The molecule has 0 bridgehead atoms. The Balaban J connectivity index is 1.47. The summed E-state index contributed by atoms with van der Waals surface area (Å²) in [4.78, 5) is 23.5. The summed E-state index contributed by atoms with van der Waals surface area (Å²) >= 11 is 0. The molecule has 1 aliphatic heterocycles. The summed E-state index contributed by atoms with van der Waals surface area (Å²) in [6.45, 7) is 3.45. The van der Waals surface area contributed by atoms with E-state index in [2.05, 4.69) is 20.2 Å². The summed E-state index contributed by atoms with van der Waals surface area (Å²) in [5.41, 5.74) is 3.78. The fourth-order valence-electron chi connectivity index (χ4n) is 3.59. The number of aryl methyl sites for hydroxylation is 1. The number of carbonyl (C=O) groups excluding carboxylic acids is 1. The second-order valence-electron chi connectivity index (χ2n) is 7.17. The first-order valence-electron chi connectivity index (χ1n) is 9.77. The van der Waals surface area contributed by atoms with Gasteiger partial charge in [0.15, 0.2) is 11.5 Å². The van der Waals surface area contributed by atoms with Crippen LogP contribution in [-0.2, 0) is 13.0 Å². The molecule has 4 rings (SSSR count).